The van der Waals surface area contributed by atoms with Crippen LogP contribution in [0.25, 0.3) is 0 Å². The van der Waals surface area contributed by atoms with Gasteiger partial charge in [0.2, 0.25) is 0 Å². The van der Waals surface area contributed by atoms with Crippen molar-refractivity contribution in [2.45, 2.75) is 20.3 Å². The Labute approximate surface area is 201 Å². The van der Waals surface area contributed by atoms with Gasteiger partial charge in [-0.15, -0.1) is 0 Å². The minimum absolute atomic E-state index is 0.0299. The molecule has 4 atom stereocenters. The van der Waals surface area contributed by atoms with E-state index in [1.165, 1.54) is 24.3 Å². The molecule has 2 aromatic carbocycles. The van der Waals surface area contributed by atoms with Crippen molar-refractivity contribution < 1.29 is 24.1 Å². The maximum Gasteiger partial charge on any atom is 0.273 e. The predicted molar refractivity (Wildman–Crippen MR) is 124 cm³/mol. The molecule has 0 N–H and O–H groups in total. The van der Waals surface area contributed by atoms with Crippen LogP contribution < -0.4 is 0 Å². The van der Waals surface area contributed by atoms with E-state index in [4.69, 9.17) is 0 Å². The number of carbonyl (C=O) groups excluding carboxylic acids is 4. The summed E-state index contributed by atoms with van der Waals surface area (Å²) in [4.78, 5) is 64.0. The van der Waals surface area contributed by atoms with Crippen molar-refractivity contribution in [2.24, 2.45) is 23.7 Å². The molecule has 9 heteroatoms. The van der Waals surface area contributed by atoms with Gasteiger partial charge < -0.3 is 0 Å². The summed E-state index contributed by atoms with van der Waals surface area (Å²) in [7, 11) is 0. The second-order valence-corrected chi connectivity index (χ2v) is 9.38. The molecule has 178 valence electrons. The minimum atomic E-state index is -0.751. The SMILES string of the molecule is Cc1ccc(C(=O)CN(C(=O)c2ccc([N+](=O)[O-])cc2)N2C(=O)[C@@H]3[C@H](C2=O)[C@H]2C=C[C@H]3C2)cc1C. The number of hydrogen-bond donors (Lipinski definition) is 0. The van der Waals surface area contributed by atoms with Gasteiger partial charge in [0.25, 0.3) is 23.4 Å². The second kappa shape index (κ2) is 8.26. The Kier molecular flexibility index (Phi) is 5.35. The van der Waals surface area contributed by atoms with Crippen molar-refractivity contribution >= 4 is 29.2 Å². The molecule has 5 rings (SSSR count). The first kappa shape index (κ1) is 22.6. The van der Waals surface area contributed by atoms with Gasteiger partial charge in [-0.1, -0.05) is 24.3 Å². The summed E-state index contributed by atoms with van der Waals surface area (Å²) in [5.74, 6) is -3.35. The Morgan fingerprint density at radius 2 is 1.51 bits per heavy atom. The smallest absolute Gasteiger partial charge is 0.273 e. The van der Waals surface area contributed by atoms with Crippen molar-refractivity contribution in [3.8, 4) is 0 Å². The van der Waals surface area contributed by atoms with Crippen LogP contribution in [0.3, 0.4) is 0 Å². The monoisotopic (exact) mass is 473 g/mol. The first-order valence-electron chi connectivity index (χ1n) is 11.4. The zero-order valence-corrected chi connectivity index (χ0v) is 19.2. The van der Waals surface area contributed by atoms with Gasteiger partial charge in [0.05, 0.1) is 16.8 Å². The number of aryl methyl sites for hydroxylation is 2. The molecule has 0 aromatic heterocycles. The molecule has 1 heterocycles. The lowest BCUT2D eigenvalue weighted by Gasteiger charge is -2.30. The van der Waals surface area contributed by atoms with E-state index < -0.39 is 46.8 Å². The number of allylic oxidation sites excluding steroid dienone is 2. The van der Waals surface area contributed by atoms with E-state index >= 15 is 0 Å². The Morgan fingerprint density at radius 3 is 2.06 bits per heavy atom. The van der Waals surface area contributed by atoms with Crippen molar-refractivity contribution in [2.75, 3.05) is 6.54 Å². The van der Waals surface area contributed by atoms with Gasteiger partial charge in [0, 0.05) is 23.3 Å². The number of fused-ring (bicyclic) bond motifs is 5. The van der Waals surface area contributed by atoms with Crippen molar-refractivity contribution in [3.05, 3.63) is 87.0 Å². The number of nitrogens with zero attached hydrogens (tertiary/aromatic N) is 3. The minimum Gasteiger partial charge on any atom is -0.292 e. The third kappa shape index (κ3) is 3.63. The summed E-state index contributed by atoms with van der Waals surface area (Å²) in [6, 6.07) is 10.00. The molecule has 0 unspecified atom stereocenters. The van der Waals surface area contributed by atoms with Gasteiger partial charge >= 0.3 is 0 Å². The summed E-state index contributed by atoms with van der Waals surface area (Å²) in [6.07, 6.45) is 4.63. The number of nitro groups is 1. The zero-order valence-electron chi connectivity index (χ0n) is 19.2. The molecule has 2 aliphatic carbocycles. The number of nitro benzene ring substituents is 1. The number of Topliss-reactive ketones (excluding diaryl/α,β-unsaturated/α-hetero) is 1. The van der Waals surface area contributed by atoms with E-state index in [-0.39, 0.29) is 23.1 Å². The summed E-state index contributed by atoms with van der Waals surface area (Å²) >= 11 is 0. The molecule has 2 aromatic rings. The highest BCUT2D eigenvalue weighted by atomic mass is 16.6. The van der Waals surface area contributed by atoms with Crippen LogP contribution in [0.2, 0.25) is 0 Å². The predicted octanol–water partition coefficient (Wildman–Crippen LogP) is 3.26. The molecule has 9 nitrogen and oxygen atoms in total. The average molecular weight is 473 g/mol. The largest absolute Gasteiger partial charge is 0.292 e. The van der Waals surface area contributed by atoms with Crippen LogP contribution in [0.4, 0.5) is 5.69 Å². The van der Waals surface area contributed by atoms with Crippen LogP contribution in [-0.2, 0) is 9.59 Å². The second-order valence-electron chi connectivity index (χ2n) is 9.38. The highest BCUT2D eigenvalue weighted by Crippen LogP contribution is 2.52. The molecule has 2 bridgehead atoms. The maximum atomic E-state index is 13.5. The lowest BCUT2D eigenvalue weighted by molar-refractivity contribution is -0.384. The Morgan fingerprint density at radius 1 is 0.943 bits per heavy atom. The number of ketones is 1. The highest BCUT2D eigenvalue weighted by Gasteiger charge is 2.61. The van der Waals surface area contributed by atoms with Gasteiger partial charge in [-0.05, 0) is 61.4 Å². The Hall–Kier alpha value is -4.14. The molecule has 1 saturated heterocycles. The molecule has 1 aliphatic heterocycles. The van der Waals surface area contributed by atoms with E-state index in [9.17, 15) is 29.3 Å². The first-order valence-corrected chi connectivity index (χ1v) is 11.4. The quantitative estimate of drug-likeness (QED) is 0.209. The maximum absolute atomic E-state index is 13.5. The van der Waals surface area contributed by atoms with Crippen LogP contribution in [-0.4, -0.2) is 45.0 Å². The lowest BCUT2D eigenvalue weighted by Crippen LogP contribution is -2.52. The third-order valence-corrected chi connectivity index (χ3v) is 7.37. The summed E-state index contributed by atoms with van der Waals surface area (Å²) in [6.45, 7) is 3.26. The Bertz CT molecular complexity index is 1280. The van der Waals surface area contributed by atoms with Crippen molar-refractivity contribution in [1.82, 2.24) is 10.0 Å². The fraction of sp³-hybridized carbons (Fsp3) is 0.308. The number of rotatable bonds is 6. The standard InChI is InChI=1S/C26H23N3O6/c1-14-3-4-17(11-15(14)2)21(30)13-27(24(31)16-7-9-20(10-8-16)29(34)35)28-25(32)22-18-5-6-19(12-18)23(22)26(28)33/h3-11,18-19,22-23H,12-13H2,1-2H3/t18-,19-,22-,23+/m0/s1. The van der Waals surface area contributed by atoms with Gasteiger partial charge in [0.1, 0.15) is 6.54 Å². The van der Waals surface area contributed by atoms with Crippen LogP contribution in [0, 0.1) is 47.6 Å². The molecular weight excluding hydrogens is 450 g/mol. The number of hydrazine groups is 1. The van der Waals surface area contributed by atoms with Gasteiger partial charge in [-0.3, -0.25) is 29.3 Å². The molecule has 3 amide bonds. The number of benzene rings is 2. The van der Waals surface area contributed by atoms with E-state index in [1.54, 1.807) is 18.2 Å². The highest BCUT2D eigenvalue weighted by molar-refractivity contribution is 6.10. The van der Waals surface area contributed by atoms with Crippen LogP contribution in [0.5, 0.6) is 0 Å². The molecule has 0 radical (unpaired) electrons. The molecule has 35 heavy (non-hydrogen) atoms. The number of carbonyl (C=O) groups is 4. The van der Waals surface area contributed by atoms with E-state index in [0.717, 1.165) is 27.6 Å². The van der Waals surface area contributed by atoms with Crippen LogP contribution in [0.1, 0.15) is 38.3 Å². The number of hydrogen-bond acceptors (Lipinski definition) is 6. The van der Waals surface area contributed by atoms with Gasteiger partial charge in [-0.2, -0.15) is 5.01 Å². The molecule has 0 spiro atoms. The van der Waals surface area contributed by atoms with Gasteiger partial charge in [-0.25, -0.2) is 5.01 Å². The fourth-order valence-electron chi connectivity index (χ4n) is 5.37. The summed E-state index contributed by atoms with van der Waals surface area (Å²) < 4.78 is 0. The van der Waals surface area contributed by atoms with Crippen molar-refractivity contribution in [3.63, 3.8) is 0 Å². The molecule has 2 fully saturated rings. The average Bonchev–Trinajstić information content (AvgIpc) is 3.52. The first-order chi connectivity index (χ1) is 16.7. The van der Waals surface area contributed by atoms with E-state index in [1.807, 2.05) is 26.0 Å². The third-order valence-electron chi connectivity index (χ3n) is 7.37. The molecular formula is C26H23N3O6. The van der Waals surface area contributed by atoms with E-state index in [2.05, 4.69) is 0 Å². The zero-order chi connectivity index (χ0) is 25.0. The molecule has 3 aliphatic rings. The topological polar surface area (TPSA) is 118 Å². The van der Waals surface area contributed by atoms with Crippen molar-refractivity contribution in [1.29, 1.82) is 0 Å². The fourth-order valence-corrected chi connectivity index (χ4v) is 5.37. The lowest BCUT2D eigenvalue weighted by atomic mass is 9.85. The number of amides is 3. The number of non-ortho nitro benzene ring substituents is 1. The molecule has 1 saturated carbocycles. The number of imide groups is 1. The van der Waals surface area contributed by atoms with Gasteiger partial charge in [0.15, 0.2) is 5.78 Å². The summed E-state index contributed by atoms with van der Waals surface area (Å²) in [5, 5.41) is 12.7. The van der Waals surface area contributed by atoms with Crippen LogP contribution in [0.15, 0.2) is 54.6 Å². The Balaban J connectivity index is 1.50. The van der Waals surface area contributed by atoms with Crippen LogP contribution >= 0.6 is 0 Å². The normalized spacial score (nSPS) is 24.1. The van der Waals surface area contributed by atoms with E-state index in [0.29, 0.717) is 5.56 Å². The summed E-state index contributed by atoms with van der Waals surface area (Å²) in [5.41, 5.74) is 2.08.